The van der Waals surface area contributed by atoms with Crippen LogP contribution in [-0.4, -0.2) is 62.8 Å². The van der Waals surface area contributed by atoms with E-state index in [0.717, 1.165) is 17.8 Å². The Kier molecular flexibility index (Phi) is 15.0. The minimum absolute atomic E-state index is 0.253. The fourth-order valence-corrected chi connectivity index (χ4v) is 4.50. The normalized spacial score (nSPS) is 11.1. The number of hydrogen-bond donors (Lipinski definition) is 2. The average Bonchev–Trinajstić information content (AvgIpc) is 2.84. The molecule has 0 radical (unpaired) electrons. The lowest BCUT2D eigenvalue weighted by Crippen LogP contribution is -2.28. The van der Waals surface area contributed by atoms with Gasteiger partial charge in [-0.05, 0) is 43.8 Å². The predicted octanol–water partition coefficient (Wildman–Crippen LogP) is 5.80. The smallest absolute Gasteiger partial charge is 0.129 e. The Morgan fingerprint density at radius 1 is 0.600 bits per heavy atom. The van der Waals surface area contributed by atoms with Crippen molar-refractivity contribution < 1.29 is 8.78 Å². The van der Waals surface area contributed by atoms with Gasteiger partial charge in [-0.15, -0.1) is 46.4 Å². The molecule has 0 aliphatic heterocycles. The highest BCUT2D eigenvalue weighted by Gasteiger charge is 2.11. The lowest BCUT2D eigenvalue weighted by Gasteiger charge is -2.23. The maximum absolute atomic E-state index is 14.5. The zero-order chi connectivity index (χ0) is 25.5. The van der Waals surface area contributed by atoms with Crippen molar-refractivity contribution in [1.29, 1.82) is 0 Å². The van der Waals surface area contributed by atoms with Crippen LogP contribution in [0, 0.1) is 11.6 Å². The molecule has 2 rings (SSSR count). The molecule has 0 saturated carbocycles. The maximum Gasteiger partial charge on any atom is 0.129 e. The van der Waals surface area contributed by atoms with Gasteiger partial charge in [0, 0.05) is 85.3 Å². The summed E-state index contributed by atoms with van der Waals surface area (Å²) in [6, 6.07) is 10.4. The third-order valence-electron chi connectivity index (χ3n) is 5.56. The van der Waals surface area contributed by atoms with Crippen LogP contribution in [-0.2, 0) is 13.1 Å². The summed E-state index contributed by atoms with van der Waals surface area (Å²) in [4.78, 5) is 3.94. The van der Waals surface area contributed by atoms with E-state index in [1.807, 2.05) is 21.9 Å². The molecule has 0 aromatic heterocycles. The fraction of sp³-hybridized carbons (Fsp3) is 0.520. The zero-order valence-corrected chi connectivity index (χ0v) is 22.8. The summed E-state index contributed by atoms with van der Waals surface area (Å²) < 4.78 is 29.0. The Hall–Kier alpha value is -1.02. The van der Waals surface area contributed by atoms with Crippen molar-refractivity contribution in [1.82, 2.24) is 10.6 Å². The van der Waals surface area contributed by atoms with Gasteiger partial charge in [-0.1, -0.05) is 12.1 Å². The molecule has 0 aliphatic rings. The summed E-state index contributed by atoms with van der Waals surface area (Å²) in [5.74, 6) is 1.31. The standard InChI is InChI=1S/C25H34Cl4F2N4/c26-6-12-34(13-7-27)22-4-2-20(24(30)16-22)18-32-10-1-11-33-19-21-3-5-23(17-25(21)31)35(14-8-28)15-9-29/h2-5,16-17,32-33H,1,6-15,18-19H2. The number of halogens is 6. The summed E-state index contributed by atoms with van der Waals surface area (Å²) in [7, 11) is 0. The highest BCUT2D eigenvalue weighted by Crippen LogP contribution is 2.20. The van der Waals surface area contributed by atoms with E-state index in [-0.39, 0.29) is 11.6 Å². The molecule has 0 fully saturated rings. The fourth-order valence-electron chi connectivity index (χ4n) is 3.69. The van der Waals surface area contributed by atoms with E-state index in [4.69, 9.17) is 46.4 Å². The van der Waals surface area contributed by atoms with E-state index in [1.54, 1.807) is 12.1 Å². The van der Waals surface area contributed by atoms with Crippen LogP contribution in [0.3, 0.4) is 0 Å². The molecular formula is C25H34Cl4F2N4. The summed E-state index contributed by atoms with van der Waals surface area (Å²) >= 11 is 23.3. The van der Waals surface area contributed by atoms with Crippen LogP contribution in [0.2, 0.25) is 0 Å². The van der Waals surface area contributed by atoms with Crippen molar-refractivity contribution in [2.45, 2.75) is 19.5 Å². The molecule has 0 spiro atoms. The third-order valence-corrected chi connectivity index (χ3v) is 6.24. The van der Waals surface area contributed by atoms with Crippen molar-refractivity contribution in [3.05, 3.63) is 59.2 Å². The van der Waals surface area contributed by atoms with E-state index >= 15 is 0 Å². The molecule has 196 valence electrons. The first kappa shape index (κ1) is 30.2. The van der Waals surface area contributed by atoms with Gasteiger partial charge in [0.25, 0.3) is 0 Å². The molecular weight excluding hydrogens is 536 g/mol. The Morgan fingerprint density at radius 3 is 1.29 bits per heavy atom. The molecule has 2 aromatic rings. The first-order valence-corrected chi connectivity index (χ1v) is 13.9. The number of hydrogen-bond acceptors (Lipinski definition) is 4. The number of nitrogens with zero attached hydrogens (tertiary/aromatic N) is 2. The molecule has 0 aliphatic carbocycles. The van der Waals surface area contributed by atoms with Gasteiger partial charge in [-0.2, -0.15) is 0 Å². The van der Waals surface area contributed by atoms with Crippen molar-refractivity contribution in [2.24, 2.45) is 0 Å². The van der Waals surface area contributed by atoms with Gasteiger partial charge in [0.05, 0.1) is 0 Å². The highest BCUT2D eigenvalue weighted by molar-refractivity contribution is 6.19. The van der Waals surface area contributed by atoms with Gasteiger partial charge in [0.15, 0.2) is 0 Å². The third kappa shape index (κ3) is 10.5. The maximum atomic E-state index is 14.5. The minimum atomic E-state index is -0.253. The molecule has 0 heterocycles. The summed E-state index contributed by atoms with van der Waals surface area (Å²) in [5, 5.41) is 6.52. The number of rotatable bonds is 18. The largest absolute Gasteiger partial charge is 0.369 e. The van der Waals surface area contributed by atoms with E-state index in [1.165, 1.54) is 12.1 Å². The second-order valence-corrected chi connectivity index (χ2v) is 9.50. The van der Waals surface area contributed by atoms with E-state index in [0.29, 0.717) is 87.0 Å². The molecule has 0 bridgehead atoms. The van der Waals surface area contributed by atoms with Crippen molar-refractivity contribution >= 4 is 57.8 Å². The predicted molar refractivity (Wildman–Crippen MR) is 148 cm³/mol. The van der Waals surface area contributed by atoms with Gasteiger partial charge < -0.3 is 20.4 Å². The van der Waals surface area contributed by atoms with Gasteiger partial charge >= 0.3 is 0 Å². The summed E-state index contributed by atoms with van der Waals surface area (Å²) in [6.07, 6.45) is 0.831. The number of benzene rings is 2. The van der Waals surface area contributed by atoms with Crippen molar-refractivity contribution in [3.8, 4) is 0 Å². The van der Waals surface area contributed by atoms with E-state index in [2.05, 4.69) is 10.6 Å². The van der Waals surface area contributed by atoms with Crippen LogP contribution in [0.1, 0.15) is 17.5 Å². The first-order valence-electron chi connectivity index (χ1n) is 11.8. The summed E-state index contributed by atoms with van der Waals surface area (Å²) in [5.41, 5.74) is 2.78. The van der Waals surface area contributed by atoms with Gasteiger partial charge in [0.2, 0.25) is 0 Å². The quantitative estimate of drug-likeness (QED) is 0.175. The van der Waals surface area contributed by atoms with Crippen LogP contribution in [0.5, 0.6) is 0 Å². The molecule has 0 saturated heterocycles. The van der Waals surface area contributed by atoms with Crippen LogP contribution in [0.4, 0.5) is 20.2 Å². The van der Waals surface area contributed by atoms with Gasteiger partial charge in [-0.25, -0.2) is 8.78 Å². The molecule has 10 heteroatoms. The number of anilines is 2. The van der Waals surface area contributed by atoms with Crippen LogP contribution >= 0.6 is 46.4 Å². The van der Waals surface area contributed by atoms with Gasteiger partial charge in [-0.3, -0.25) is 0 Å². The second-order valence-electron chi connectivity index (χ2n) is 7.99. The molecule has 0 unspecified atom stereocenters. The minimum Gasteiger partial charge on any atom is -0.369 e. The lowest BCUT2D eigenvalue weighted by atomic mass is 10.1. The highest BCUT2D eigenvalue weighted by atomic mass is 35.5. The van der Waals surface area contributed by atoms with Crippen LogP contribution in [0.25, 0.3) is 0 Å². The average molecular weight is 570 g/mol. The monoisotopic (exact) mass is 568 g/mol. The van der Waals surface area contributed by atoms with Crippen LogP contribution < -0.4 is 20.4 Å². The Morgan fingerprint density at radius 2 is 0.971 bits per heavy atom. The molecule has 2 aromatic carbocycles. The molecule has 35 heavy (non-hydrogen) atoms. The molecule has 0 atom stereocenters. The van der Waals surface area contributed by atoms with E-state index in [9.17, 15) is 8.78 Å². The molecule has 4 nitrogen and oxygen atoms in total. The second kappa shape index (κ2) is 17.4. The topological polar surface area (TPSA) is 30.5 Å². The molecule has 0 amide bonds. The Bertz CT molecular complexity index is 794. The van der Waals surface area contributed by atoms with Crippen molar-refractivity contribution in [3.63, 3.8) is 0 Å². The molecule has 2 N–H and O–H groups in total. The zero-order valence-electron chi connectivity index (χ0n) is 19.8. The SMILES string of the molecule is Fc1cc(N(CCCl)CCCl)ccc1CNCCCNCc1ccc(N(CCCl)CCCl)cc1F. The number of nitrogens with one attached hydrogen (secondary N) is 2. The van der Waals surface area contributed by atoms with Gasteiger partial charge in [0.1, 0.15) is 11.6 Å². The summed E-state index contributed by atoms with van der Waals surface area (Å²) in [6.45, 7) is 4.78. The lowest BCUT2D eigenvalue weighted by molar-refractivity contribution is 0.556. The first-order chi connectivity index (χ1) is 17.0. The number of alkyl halides is 4. The van der Waals surface area contributed by atoms with E-state index < -0.39 is 0 Å². The Labute approximate surface area is 227 Å². The Balaban J connectivity index is 1.72. The van der Waals surface area contributed by atoms with Crippen molar-refractivity contribution in [2.75, 3.05) is 72.6 Å². The van der Waals surface area contributed by atoms with Crippen LogP contribution in [0.15, 0.2) is 36.4 Å².